The summed E-state index contributed by atoms with van der Waals surface area (Å²) in [5, 5.41) is 1.16. The van der Waals surface area contributed by atoms with Crippen LogP contribution >= 0.6 is 23.4 Å². The summed E-state index contributed by atoms with van der Waals surface area (Å²) in [7, 11) is 3.33. The zero-order valence-electron chi connectivity index (χ0n) is 22.6. The molecule has 1 fully saturated rings. The van der Waals surface area contributed by atoms with Crippen molar-refractivity contribution >= 4 is 40.9 Å². The number of likely N-dealkylation sites (N-methyl/N-ethyl adjacent to an activating group) is 1. The van der Waals surface area contributed by atoms with E-state index in [1.165, 1.54) is 17.3 Å². The number of amides is 1. The van der Waals surface area contributed by atoms with Crippen molar-refractivity contribution in [2.75, 3.05) is 51.0 Å². The number of aromatic nitrogens is 3. The third-order valence-corrected chi connectivity index (χ3v) is 9.26. The number of anilines is 2. The first kappa shape index (κ1) is 28.2. The number of rotatable bonds is 6. The SMILES string of the molecule is COCCN(C)C(=O)C#Cc1ccc2c(c1)[C@@H](N)C1(CCN(c3cnc(Sc4ccnc(N)c4Cl)cn3)CC1)C2. The van der Waals surface area contributed by atoms with Crippen LogP contribution in [0.5, 0.6) is 0 Å². The highest BCUT2D eigenvalue weighted by Gasteiger charge is 2.46. The minimum Gasteiger partial charge on any atom is -0.383 e. The van der Waals surface area contributed by atoms with Crippen LogP contribution in [0.1, 0.15) is 35.6 Å². The second-order valence-electron chi connectivity index (χ2n) is 10.2. The van der Waals surface area contributed by atoms with Gasteiger partial charge in [0.25, 0.3) is 5.91 Å². The van der Waals surface area contributed by atoms with Crippen LogP contribution in [0, 0.1) is 17.3 Å². The van der Waals surface area contributed by atoms with Gasteiger partial charge in [0.1, 0.15) is 16.7 Å². The highest BCUT2D eigenvalue weighted by atomic mass is 35.5. The maximum absolute atomic E-state index is 12.3. The maximum atomic E-state index is 12.3. The predicted molar refractivity (Wildman–Crippen MR) is 157 cm³/mol. The minimum absolute atomic E-state index is 0.00230. The number of fused-ring (bicyclic) bond motifs is 1. The number of nitrogen functional groups attached to an aromatic ring is 1. The number of nitrogens with zero attached hydrogens (tertiary/aromatic N) is 5. The van der Waals surface area contributed by atoms with Crippen molar-refractivity contribution in [3.63, 3.8) is 0 Å². The molecule has 40 heavy (non-hydrogen) atoms. The van der Waals surface area contributed by atoms with Gasteiger partial charge < -0.3 is 26.0 Å². The van der Waals surface area contributed by atoms with Gasteiger partial charge in [-0.1, -0.05) is 35.3 Å². The van der Waals surface area contributed by atoms with Crippen molar-refractivity contribution in [2.45, 2.75) is 35.2 Å². The Hall–Kier alpha value is -3.36. The third-order valence-electron chi connectivity index (χ3n) is 7.77. The van der Waals surface area contributed by atoms with Crippen molar-refractivity contribution in [1.82, 2.24) is 19.9 Å². The Morgan fingerprint density at radius 3 is 2.77 bits per heavy atom. The van der Waals surface area contributed by atoms with E-state index in [4.69, 9.17) is 27.8 Å². The van der Waals surface area contributed by atoms with Crippen molar-refractivity contribution in [3.05, 3.63) is 64.6 Å². The molecule has 1 spiro atoms. The molecule has 1 atom stereocenters. The Morgan fingerprint density at radius 1 is 1.25 bits per heavy atom. The second-order valence-corrected chi connectivity index (χ2v) is 11.7. The summed E-state index contributed by atoms with van der Waals surface area (Å²) in [6.07, 6.45) is 8.05. The summed E-state index contributed by atoms with van der Waals surface area (Å²) in [5.74, 6) is 6.67. The lowest BCUT2D eigenvalue weighted by atomic mass is 9.73. The van der Waals surface area contributed by atoms with Gasteiger partial charge in [0, 0.05) is 62.4 Å². The second kappa shape index (κ2) is 12.0. The van der Waals surface area contributed by atoms with Crippen LogP contribution in [0.2, 0.25) is 5.02 Å². The number of piperidine rings is 1. The Morgan fingerprint density at radius 2 is 2.05 bits per heavy atom. The number of benzene rings is 1. The molecular formula is C29H32ClN7O2S. The highest BCUT2D eigenvalue weighted by molar-refractivity contribution is 7.99. The Balaban J connectivity index is 1.21. The van der Waals surface area contributed by atoms with Crippen LogP contribution in [0.25, 0.3) is 0 Å². The fraction of sp³-hybridized carbons (Fsp3) is 0.379. The maximum Gasteiger partial charge on any atom is 0.298 e. The quantitative estimate of drug-likeness (QED) is 0.423. The molecule has 5 rings (SSSR count). The van der Waals surface area contributed by atoms with Crippen LogP contribution in [0.3, 0.4) is 0 Å². The molecule has 2 aromatic heterocycles. The Labute approximate surface area is 243 Å². The first-order valence-corrected chi connectivity index (χ1v) is 14.3. The van der Waals surface area contributed by atoms with Gasteiger partial charge in [-0.15, -0.1) is 0 Å². The molecule has 4 N–H and O–H groups in total. The van der Waals surface area contributed by atoms with Crippen LogP contribution < -0.4 is 16.4 Å². The molecule has 0 saturated carbocycles. The Kier molecular flexibility index (Phi) is 8.47. The average Bonchev–Trinajstić information content (AvgIpc) is 3.23. The van der Waals surface area contributed by atoms with E-state index in [1.54, 1.807) is 37.6 Å². The van der Waals surface area contributed by atoms with Gasteiger partial charge >= 0.3 is 0 Å². The van der Waals surface area contributed by atoms with E-state index in [0.29, 0.717) is 24.0 Å². The summed E-state index contributed by atoms with van der Waals surface area (Å²) in [5.41, 5.74) is 15.9. The number of carbonyl (C=O) groups is 1. The monoisotopic (exact) mass is 577 g/mol. The number of ether oxygens (including phenoxy) is 1. The molecule has 9 nitrogen and oxygen atoms in total. The molecule has 0 bridgehead atoms. The smallest absolute Gasteiger partial charge is 0.298 e. The normalized spacial score (nSPS) is 17.3. The molecule has 1 aromatic carbocycles. The largest absolute Gasteiger partial charge is 0.383 e. The summed E-state index contributed by atoms with van der Waals surface area (Å²) in [6, 6.07) is 7.89. The molecule has 11 heteroatoms. The van der Waals surface area contributed by atoms with Gasteiger partial charge in [-0.05, 0) is 54.0 Å². The van der Waals surface area contributed by atoms with Crippen LogP contribution in [0.15, 0.2) is 52.8 Å². The first-order valence-electron chi connectivity index (χ1n) is 13.1. The molecule has 1 aliphatic heterocycles. The van der Waals surface area contributed by atoms with E-state index >= 15 is 0 Å². The van der Waals surface area contributed by atoms with Gasteiger partial charge in [-0.2, -0.15) is 0 Å². The predicted octanol–water partition coefficient (Wildman–Crippen LogP) is 3.56. The van der Waals surface area contributed by atoms with Gasteiger partial charge in [-0.25, -0.2) is 15.0 Å². The lowest BCUT2D eigenvalue weighted by molar-refractivity contribution is -0.124. The van der Waals surface area contributed by atoms with Crippen LogP contribution in [-0.2, 0) is 16.0 Å². The summed E-state index contributed by atoms with van der Waals surface area (Å²) < 4.78 is 5.03. The molecule has 1 saturated heterocycles. The molecule has 2 aliphatic rings. The lowest BCUT2D eigenvalue weighted by Crippen LogP contribution is -2.44. The van der Waals surface area contributed by atoms with Crippen molar-refractivity contribution in [3.8, 4) is 11.8 Å². The van der Waals surface area contributed by atoms with Crippen LogP contribution in [-0.4, -0.2) is 66.2 Å². The number of hydrogen-bond donors (Lipinski definition) is 2. The van der Waals surface area contributed by atoms with Gasteiger partial charge in [0.15, 0.2) is 0 Å². The van der Waals surface area contributed by atoms with E-state index < -0.39 is 0 Å². The number of hydrogen-bond acceptors (Lipinski definition) is 9. The Bertz CT molecular complexity index is 1450. The third kappa shape index (κ3) is 5.88. The highest BCUT2D eigenvalue weighted by Crippen LogP contribution is 2.51. The van der Waals surface area contributed by atoms with Gasteiger partial charge in [0.05, 0.1) is 24.0 Å². The number of carbonyl (C=O) groups excluding carboxylic acids is 1. The molecule has 208 valence electrons. The van der Waals surface area contributed by atoms with E-state index in [1.807, 2.05) is 12.1 Å². The number of methoxy groups -OCH3 is 1. The van der Waals surface area contributed by atoms with Crippen molar-refractivity contribution < 1.29 is 9.53 Å². The number of halogens is 1. The zero-order chi connectivity index (χ0) is 28.3. The lowest BCUT2D eigenvalue weighted by Gasteiger charge is -2.42. The van der Waals surface area contributed by atoms with Crippen LogP contribution in [0.4, 0.5) is 11.6 Å². The van der Waals surface area contributed by atoms with Gasteiger partial charge in [-0.3, -0.25) is 4.79 Å². The van der Waals surface area contributed by atoms with Crippen molar-refractivity contribution in [2.24, 2.45) is 11.1 Å². The van der Waals surface area contributed by atoms with E-state index in [-0.39, 0.29) is 17.4 Å². The molecule has 0 radical (unpaired) electrons. The van der Waals surface area contributed by atoms with E-state index in [0.717, 1.165) is 59.2 Å². The fourth-order valence-corrected chi connectivity index (χ4v) is 6.31. The average molecular weight is 578 g/mol. The summed E-state index contributed by atoms with van der Waals surface area (Å²) in [6.45, 7) is 2.68. The van der Waals surface area contributed by atoms with E-state index in [9.17, 15) is 4.79 Å². The molecular weight excluding hydrogens is 546 g/mol. The molecule has 3 heterocycles. The van der Waals surface area contributed by atoms with E-state index in [2.05, 4.69) is 43.8 Å². The standard InChI is InChI=1S/C29H32ClN7O2S/c1-36(13-14-39-2)25(38)6-4-19-3-5-20-16-29(27(31)21(20)15-19)8-11-37(12-9-29)23-17-35-24(18-34-23)40-22-7-10-33-28(32)26(22)30/h3,5,7,10,15,17-18,27H,8-9,11-14,16,31H2,1-2H3,(H2,32,33)/t27-/m1/s1. The molecule has 3 aromatic rings. The van der Waals surface area contributed by atoms with Crippen molar-refractivity contribution in [1.29, 1.82) is 0 Å². The summed E-state index contributed by atoms with van der Waals surface area (Å²) >= 11 is 7.67. The minimum atomic E-state index is -0.230. The first-order chi connectivity index (χ1) is 19.3. The molecule has 1 aliphatic carbocycles. The fourth-order valence-electron chi connectivity index (χ4n) is 5.32. The molecule has 0 unspecified atom stereocenters. The topological polar surface area (TPSA) is 123 Å². The number of pyridine rings is 1. The molecule has 1 amide bonds. The zero-order valence-corrected chi connectivity index (χ0v) is 24.1. The number of nitrogens with two attached hydrogens (primary N) is 2. The van der Waals surface area contributed by atoms with Gasteiger partial charge in [0.2, 0.25) is 0 Å². The summed E-state index contributed by atoms with van der Waals surface area (Å²) in [4.78, 5) is 30.1.